The number of methoxy groups -OCH3 is 3. The fraction of sp³-hybridized carbons (Fsp3) is 0.0769. The lowest BCUT2D eigenvalue weighted by Gasteiger charge is -2.18. The zero-order chi connectivity index (χ0) is 37.4. The quantitative estimate of drug-likeness (QED) is 0.0941. The molecule has 0 aliphatic rings. The Kier molecular flexibility index (Phi) is 15.2. The van der Waals surface area contributed by atoms with E-state index in [0.717, 1.165) is 17.2 Å². The molecule has 0 saturated carbocycles. The zero-order valence-electron chi connectivity index (χ0n) is 28.6. The SMILES string of the molecule is COc1ccc(OP(Oc2ccc(OC)cc2)Oc2ccc(OC)cc2)cc1.Clc1ccc(OP(Oc2ccc(Cl)cc2)Oc2ccc(Cl)cc2)cc1. The molecule has 0 aliphatic carbocycles. The lowest BCUT2D eigenvalue weighted by molar-refractivity contribution is 0.383. The number of rotatable bonds is 15. The maximum absolute atomic E-state index is 5.94. The molecule has 6 aromatic carbocycles. The third-order valence-corrected chi connectivity index (χ3v) is 9.61. The summed E-state index contributed by atoms with van der Waals surface area (Å²) in [5, 5.41) is 1.86. The second kappa shape index (κ2) is 20.5. The summed E-state index contributed by atoms with van der Waals surface area (Å²) in [5.74, 6) is 5.78. The lowest BCUT2D eigenvalue weighted by Crippen LogP contribution is -2.02. The predicted octanol–water partition coefficient (Wildman–Crippen LogP) is 12.9. The average Bonchev–Trinajstić information content (AvgIpc) is 3.18. The van der Waals surface area contributed by atoms with Crippen LogP contribution < -0.4 is 41.4 Å². The molecule has 14 heteroatoms. The first kappa shape index (κ1) is 39.5. The summed E-state index contributed by atoms with van der Waals surface area (Å²) in [6, 6.07) is 42.5. The summed E-state index contributed by atoms with van der Waals surface area (Å²) in [4.78, 5) is 0. The number of halogens is 3. The Balaban J connectivity index is 0.000000206. The van der Waals surface area contributed by atoms with E-state index in [-0.39, 0.29) is 0 Å². The van der Waals surface area contributed by atoms with Gasteiger partial charge in [-0.3, -0.25) is 0 Å². The van der Waals surface area contributed by atoms with Gasteiger partial charge in [-0.25, -0.2) is 0 Å². The molecule has 274 valence electrons. The van der Waals surface area contributed by atoms with Crippen LogP contribution in [0.5, 0.6) is 51.7 Å². The Morgan fingerprint density at radius 3 is 0.585 bits per heavy atom. The highest BCUT2D eigenvalue weighted by atomic mass is 35.5. The van der Waals surface area contributed by atoms with Gasteiger partial charge in [0.05, 0.1) is 21.3 Å². The minimum atomic E-state index is -1.75. The molecule has 0 amide bonds. The molecule has 0 heterocycles. The van der Waals surface area contributed by atoms with Crippen molar-refractivity contribution in [2.24, 2.45) is 0 Å². The van der Waals surface area contributed by atoms with E-state index in [1.54, 1.807) is 131 Å². The number of ether oxygens (including phenoxy) is 3. The Morgan fingerprint density at radius 2 is 0.415 bits per heavy atom. The molecule has 0 unspecified atom stereocenters. The van der Waals surface area contributed by atoms with Gasteiger partial charge < -0.3 is 41.4 Å². The van der Waals surface area contributed by atoms with Gasteiger partial charge in [-0.2, -0.15) is 0 Å². The molecule has 0 bridgehead atoms. The largest absolute Gasteiger partial charge is 0.530 e. The second-order valence-electron chi connectivity index (χ2n) is 10.4. The van der Waals surface area contributed by atoms with Crippen LogP contribution >= 0.6 is 52.0 Å². The van der Waals surface area contributed by atoms with Crippen LogP contribution in [-0.4, -0.2) is 21.3 Å². The Bertz CT molecular complexity index is 1720. The van der Waals surface area contributed by atoms with Crippen LogP contribution in [0.25, 0.3) is 0 Å². The van der Waals surface area contributed by atoms with Crippen molar-refractivity contribution in [1.29, 1.82) is 0 Å². The monoisotopic (exact) mass is 812 g/mol. The van der Waals surface area contributed by atoms with E-state index < -0.39 is 17.2 Å². The first-order valence-electron chi connectivity index (χ1n) is 15.7. The molecule has 0 spiro atoms. The smallest absolute Gasteiger partial charge is 0.497 e. The van der Waals surface area contributed by atoms with Gasteiger partial charge in [0, 0.05) is 15.1 Å². The van der Waals surface area contributed by atoms with Crippen molar-refractivity contribution in [2.45, 2.75) is 0 Å². The van der Waals surface area contributed by atoms with Gasteiger partial charge in [0.1, 0.15) is 51.7 Å². The van der Waals surface area contributed by atoms with Crippen LogP contribution in [0.4, 0.5) is 0 Å². The van der Waals surface area contributed by atoms with Crippen LogP contribution in [0.3, 0.4) is 0 Å². The highest BCUT2D eigenvalue weighted by molar-refractivity contribution is 7.43. The molecular formula is C39H33Cl3O9P2. The zero-order valence-corrected chi connectivity index (χ0v) is 32.6. The van der Waals surface area contributed by atoms with E-state index in [0.29, 0.717) is 49.6 Å². The molecule has 0 fully saturated rings. The summed E-state index contributed by atoms with van der Waals surface area (Å²) in [5.41, 5.74) is 0. The molecule has 6 rings (SSSR count). The summed E-state index contributed by atoms with van der Waals surface area (Å²) in [7, 11) is 1.34. The first-order valence-corrected chi connectivity index (χ1v) is 19.0. The molecule has 0 N–H and O–H groups in total. The fourth-order valence-corrected chi connectivity index (χ4v) is 6.39. The summed E-state index contributed by atoms with van der Waals surface area (Å²) < 4.78 is 50.8. The van der Waals surface area contributed by atoms with Gasteiger partial charge >= 0.3 is 17.2 Å². The van der Waals surface area contributed by atoms with Gasteiger partial charge in [0.15, 0.2) is 0 Å². The Morgan fingerprint density at radius 1 is 0.264 bits per heavy atom. The highest BCUT2D eigenvalue weighted by Crippen LogP contribution is 2.44. The minimum Gasteiger partial charge on any atom is -0.497 e. The van der Waals surface area contributed by atoms with Crippen molar-refractivity contribution in [3.8, 4) is 51.7 Å². The topological polar surface area (TPSA) is 83.1 Å². The number of hydrogen-bond donors (Lipinski definition) is 0. The van der Waals surface area contributed by atoms with Gasteiger partial charge in [0.2, 0.25) is 0 Å². The number of benzene rings is 6. The Labute approximate surface area is 325 Å². The molecule has 0 aromatic heterocycles. The van der Waals surface area contributed by atoms with Crippen LogP contribution in [0, 0.1) is 0 Å². The normalized spacial score (nSPS) is 10.4. The van der Waals surface area contributed by atoms with E-state index in [2.05, 4.69) is 0 Å². The van der Waals surface area contributed by atoms with Crippen molar-refractivity contribution in [3.05, 3.63) is 161 Å². The van der Waals surface area contributed by atoms with E-state index in [4.69, 9.17) is 76.2 Å². The summed E-state index contributed by atoms with van der Waals surface area (Å²) in [6.07, 6.45) is 0. The Hall–Kier alpha value is -4.75. The second-order valence-corrected chi connectivity index (χ2v) is 13.7. The maximum atomic E-state index is 5.94. The third-order valence-electron chi connectivity index (χ3n) is 6.70. The summed E-state index contributed by atoms with van der Waals surface area (Å²) >= 11 is 17.7. The van der Waals surface area contributed by atoms with Gasteiger partial charge in [0.25, 0.3) is 0 Å². The van der Waals surface area contributed by atoms with Gasteiger partial charge in [-0.15, -0.1) is 0 Å². The molecule has 6 aromatic rings. The highest BCUT2D eigenvalue weighted by Gasteiger charge is 2.21. The molecule has 53 heavy (non-hydrogen) atoms. The van der Waals surface area contributed by atoms with Crippen molar-refractivity contribution in [3.63, 3.8) is 0 Å². The van der Waals surface area contributed by atoms with Crippen LogP contribution in [-0.2, 0) is 0 Å². The average molecular weight is 814 g/mol. The molecule has 0 saturated heterocycles. The van der Waals surface area contributed by atoms with Crippen LogP contribution in [0.2, 0.25) is 15.1 Å². The van der Waals surface area contributed by atoms with E-state index in [1.165, 1.54) is 0 Å². The maximum Gasteiger partial charge on any atom is 0.530 e. The van der Waals surface area contributed by atoms with E-state index >= 15 is 0 Å². The number of hydrogen-bond acceptors (Lipinski definition) is 9. The van der Waals surface area contributed by atoms with Crippen molar-refractivity contribution in [2.75, 3.05) is 21.3 Å². The fourth-order valence-electron chi connectivity index (χ4n) is 4.02. The third kappa shape index (κ3) is 13.3. The van der Waals surface area contributed by atoms with E-state index in [9.17, 15) is 0 Å². The standard InChI is InChI=1S/C21H21O6P.C18H12Cl3O3P/c1-22-16-4-10-19(11-5-16)25-28(26-20-12-6-17(23-2)7-13-20)27-21-14-8-18(24-3)9-15-21;19-13-1-7-16(8-2-13)22-25(23-17-9-3-14(20)4-10-17)24-18-11-5-15(21)6-12-18/h4-15H,1-3H3;1-12H. The van der Waals surface area contributed by atoms with Crippen molar-refractivity contribution in [1.82, 2.24) is 0 Å². The van der Waals surface area contributed by atoms with Crippen molar-refractivity contribution < 1.29 is 41.4 Å². The van der Waals surface area contributed by atoms with Crippen LogP contribution in [0.1, 0.15) is 0 Å². The molecule has 0 atom stereocenters. The molecule has 0 radical (unpaired) electrons. The minimum absolute atomic E-state index is 0.582. The van der Waals surface area contributed by atoms with Gasteiger partial charge in [-0.1, -0.05) is 34.8 Å². The first-order chi connectivity index (χ1) is 25.8. The van der Waals surface area contributed by atoms with E-state index in [1.807, 2.05) is 36.4 Å². The predicted molar refractivity (Wildman–Crippen MR) is 211 cm³/mol. The molecule has 0 aliphatic heterocycles. The summed E-state index contributed by atoms with van der Waals surface area (Å²) in [6.45, 7) is 0. The lowest BCUT2D eigenvalue weighted by atomic mass is 10.3. The van der Waals surface area contributed by atoms with Crippen molar-refractivity contribution >= 4 is 52.0 Å². The molecule has 9 nitrogen and oxygen atoms in total. The van der Waals surface area contributed by atoms with Gasteiger partial charge in [-0.05, 0) is 146 Å². The van der Waals surface area contributed by atoms with Crippen LogP contribution in [0.15, 0.2) is 146 Å². The molecular weight excluding hydrogens is 781 g/mol.